The van der Waals surface area contributed by atoms with Gasteiger partial charge >= 0.3 is 0 Å². The van der Waals surface area contributed by atoms with Crippen LogP contribution in [-0.4, -0.2) is 25.6 Å². The van der Waals surface area contributed by atoms with Gasteiger partial charge in [0.2, 0.25) is 0 Å². The summed E-state index contributed by atoms with van der Waals surface area (Å²) in [6.45, 7) is 10.4. The van der Waals surface area contributed by atoms with Crippen molar-refractivity contribution in [2.75, 3.05) is 19.8 Å². The fraction of sp³-hybridized carbons (Fsp3) is 0.483. The predicted molar refractivity (Wildman–Crippen MR) is 137 cm³/mol. The summed E-state index contributed by atoms with van der Waals surface area (Å²) in [5.74, 6) is 2.02. The Bertz CT molecular complexity index is 885. The highest BCUT2D eigenvalue weighted by Gasteiger charge is 2.14. The summed E-state index contributed by atoms with van der Waals surface area (Å²) in [4.78, 5) is 13.1. The Morgan fingerprint density at radius 2 is 1.39 bits per heavy atom. The number of benzene rings is 2. The molecule has 2 rings (SSSR count). The average molecular weight is 453 g/mol. The van der Waals surface area contributed by atoms with E-state index in [0.717, 1.165) is 61.8 Å². The molecule has 0 heterocycles. The molecular formula is C29H40O4. The van der Waals surface area contributed by atoms with E-state index in [0.29, 0.717) is 36.9 Å². The zero-order chi connectivity index (χ0) is 23.9. The van der Waals surface area contributed by atoms with Crippen LogP contribution in [0, 0.1) is 0 Å². The first-order chi connectivity index (χ1) is 16.1. The molecule has 4 nitrogen and oxygen atoms in total. The Morgan fingerprint density at radius 1 is 0.788 bits per heavy atom. The minimum absolute atomic E-state index is 0.0861. The fourth-order valence-corrected chi connectivity index (χ4v) is 3.30. The third-order valence-corrected chi connectivity index (χ3v) is 5.37. The molecule has 0 atom stereocenters. The summed E-state index contributed by atoms with van der Waals surface area (Å²) in [5, 5.41) is 0. The van der Waals surface area contributed by atoms with E-state index in [1.807, 2.05) is 30.3 Å². The molecule has 0 unspecified atom stereocenters. The van der Waals surface area contributed by atoms with Crippen molar-refractivity contribution >= 4 is 11.9 Å². The van der Waals surface area contributed by atoms with Crippen molar-refractivity contribution in [2.45, 2.75) is 72.6 Å². The van der Waals surface area contributed by atoms with E-state index < -0.39 is 0 Å². The van der Waals surface area contributed by atoms with Crippen LogP contribution >= 0.6 is 0 Å². The second-order valence-corrected chi connectivity index (χ2v) is 8.17. The van der Waals surface area contributed by atoms with E-state index in [1.165, 1.54) is 0 Å². The van der Waals surface area contributed by atoms with E-state index >= 15 is 0 Å². The molecule has 0 saturated carbocycles. The van der Waals surface area contributed by atoms with E-state index in [1.54, 1.807) is 6.08 Å². The maximum atomic E-state index is 13.1. The first-order valence-electron chi connectivity index (χ1n) is 12.5. The van der Waals surface area contributed by atoms with Crippen molar-refractivity contribution in [1.29, 1.82) is 0 Å². The van der Waals surface area contributed by atoms with Crippen LogP contribution in [0.25, 0.3) is 6.08 Å². The first kappa shape index (κ1) is 26.5. The van der Waals surface area contributed by atoms with Crippen LogP contribution < -0.4 is 14.2 Å². The van der Waals surface area contributed by atoms with Gasteiger partial charge < -0.3 is 14.2 Å². The van der Waals surface area contributed by atoms with Crippen molar-refractivity contribution in [3.63, 3.8) is 0 Å². The topological polar surface area (TPSA) is 44.8 Å². The van der Waals surface area contributed by atoms with E-state index in [9.17, 15) is 4.79 Å². The van der Waals surface area contributed by atoms with Gasteiger partial charge in [-0.15, -0.1) is 0 Å². The first-order valence-corrected chi connectivity index (χ1v) is 12.5. The van der Waals surface area contributed by atoms with Gasteiger partial charge in [0.1, 0.15) is 5.75 Å². The Balaban J connectivity index is 2.33. The number of aryl methyl sites for hydroxylation is 1. The van der Waals surface area contributed by atoms with Crippen LogP contribution in [0.5, 0.6) is 17.2 Å². The largest absolute Gasteiger partial charge is 0.493 e. The van der Waals surface area contributed by atoms with E-state index in [4.69, 9.17) is 14.2 Å². The van der Waals surface area contributed by atoms with Gasteiger partial charge in [-0.1, -0.05) is 59.1 Å². The standard InChI is InChI=1S/C29H40O4/c1-5-9-18-31-27-15-13-12-14-25(27)26(30)17-16-24-21-23(8-4)22-28(32-19-10-6-2)29(24)33-20-11-7-3/h12-17,21-22H,5-11,18-20H2,1-4H3/b17-16+. The van der Waals surface area contributed by atoms with Crippen LogP contribution in [0.3, 0.4) is 0 Å². The second kappa shape index (κ2) is 15.2. The van der Waals surface area contributed by atoms with Crippen molar-refractivity contribution in [3.05, 3.63) is 59.2 Å². The molecule has 0 aromatic heterocycles. The Labute approximate surface area is 200 Å². The SMILES string of the molecule is CCCCOc1ccccc1C(=O)/C=C/c1cc(CC)cc(OCCCC)c1OCCCC. The number of allylic oxidation sites excluding steroid dienone is 1. The summed E-state index contributed by atoms with van der Waals surface area (Å²) < 4.78 is 18.1. The highest BCUT2D eigenvalue weighted by Crippen LogP contribution is 2.35. The van der Waals surface area contributed by atoms with E-state index in [2.05, 4.69) is 39.8 Å². The molecule has 0 aliphatic carbocycles. The maximum Gasteiger partial charge on any atom is 0.189 e. The normalized spacial score (nSPS) is 11.0. The molecule has 33 heavy (non-hydrogen) atoms. The molecular weight excluding hydrogens is 412 g/mol. The van der Waals surface area contributed by atoms with Crippen LogP contribution in [0.4, 0.5) is 0 Å². The van der Waals surface area contributed by atoms with Crippen molar-refractivity contribution < 1.29 is 19.0 Å². The van der Waals surface area contributed by atoms with Crippen LogP contribution in [0.1, 0.15) is 87.7 Å². The quantitative estimate of drug-likeness (QED) is 0.149. The Kier molecular flexibility index (Phi) is 12.2. The van der Waals surface area contributed by atoms with Crippen LogP contribution in [0.2, 0.25) is 0 Å². The smallest absolute Gasteiger partial charge is 0.189 e. The molecule has 0 N–H and O–H groups in total. The zero-order valence-corrected chi connectivity index (χ0v) is 20.8. The molecule has 0 amide bonds. The third kappa shape index (κ3) is 8.60. The minimum atomic E-state index is -0.0861. The third-order valence-electron chi connectivity index (χ3n) is 5.37. The molecule has 0 aliphatic heterocycles. The number of unbranched alkanes of at least 4 members (excludes halogenated alkanes) is 3. The van der Waals surface area contributed by atoms with Crippen molar-refractivity contribution in [1.82, 2.24) is 0 Å². The molecule has 0 saturated heterocycles. The maximum absolute atomic E-state index is 13.1. The number of hydrogen-bond donors (Lipinski definition) is 0. The molecule has 0 radical (unpaired) electrons. The van der Waals surface area contributed by atoms with Crippen molar-refractivity contribution in [3.8, 4) is 17.2 Å². The van der Waals surface area contributed by atoms with Gasteiger partial charge in [-0.2, -0.15) is 0 Å². The monoisotopic (exact) mass is 452 g/mol. The molecule has 0 fully saturated rings. The van der Waals surface area contributed by atoms with Gasteiger partial charge in [0.15, 0.2) is 17.3 Å². The van der Waals surface area contributed by atoms with Crippen LogP contribution in [0.15, 0.2) is 42.5 Å². The predicted octanol–water partition coefficient (Wildman–Crippen LogP) is 7.68. The summed E-state index contributed by atoms with van der Waals surface area (Å²) in [6, 6.07) is 11.6. The number of ether oxygens (including phenoxy) is 3. The fourth-order valence-electron chi connectivity index (χ4n) is 3.30. The number of para-hydroxylation sites is 1. The highest BCUT2D eigenvalue weighted by atomic mass is 16.5. The summed E-state index contributed by atoms with van der Waals surface area (Å²) >= 11 is 0. The lowest BCUT2D eigenvalue weighted by Crippen LogP contribution is -2.05. The number of ketones is 1. The van der Waals surface area contributed by atoms with E-state index in [-0.39, 0.29) is 5.78 Å². The summed E-state index contributed by atoms with van der Waals surface area (Å²) in [7, 11) is 0. The molecule has 0 spiro atoms. The lowest BCUT2D eigenvalue weighted by Gasteiger charge is -2.17. The minimum Gasteiger partial charge on any atom is -0.493 e. The lowest BCUT2D eigenvalue weighted by atomic mass is 10.0. The Morgan fingerprint density at radius 3 is 2.03 bits per heavy atom. The van der Waals surface area contributed by atoms with Gasteiger partial charge in [-0.05, 0) is 67.7 Å². The molecule has 180 valence electrons. The molecule has 2 aromatic carbocycles. The second-order valence-electron chi connectivity index (χ2n) is 8.17. The van der Waals surface area contributed by atoms with Gasteiger partial charge in [-0.25, -0.2) is 0 Å². The summed E-state index contributed by atoms with van der Waals surface area (Å²) in [6.07, 6.45) is 10.4. The number of carbonyl (C=O) groups excluding carboxylic acids is 1. The number of rotatable bonds is 16. The molecule has 2 aromatic rings. The van der Waals surface area contributed by atoms with Gasteiger partial charge in [0.05, 0.1) is 25.4 Å². The van der Waals surface area contributed by atoms with Crippen molar-refractivity contribution in [2.24, 2.45) is 0 Å². The lowest BCUT2D eigenvalue weighted by molar-refractivity contribution is 0.104. The average Bonchev–Trinajstić information content (AvgIpc) is 2.84. The molecule has 0 bridgehead atoms. The summed E-state index contributed by atoms with van der Waals surface area (Å²) in [5.41, 5.74) is 2.60. The number of hydrogen-bond acceptors (Lipinski definition) is 4. The van der Waals surface area contributed by atoms with Crippen LogP contribution in [-0.2, 0) is 6.42 Å². The van der Waals surface area contributed by atoms with Gasteiger partial charge in [-0.3, -0.25) is 4.79 Å². The van der Waals surface area contributed by atoms with Gasteiger partial charge in [0, 0.05) is 5.56 Å². The number of carbonyl (C=O) groups is 1. The molecule has 4 heteroatoms. The zero-order valence-electron chi connectivity index (χ0n) is 20.8. The van der Waals surface area contributed by atoms with Gasteiger partial charge in [0.25, 0.3) is 0 Å². The molecule has 0 aliphatic rings. The Hall–Kier alpha value is -2.75. The highest BCUT2D eigenvalue weighted by molar-refractivity contribution is 6.08.